The molecule has 6 rings (SSSR count). The van der Waals surface area contributed by atoms with E-state index in [4.69, 9.17) is 5.73 Å². The zero-order valence-electron chi connectivity index (χ0n) is 24.6. The molecule has 10 nitrogen and oxygen atoms in total. The van der Waals surface area contributed by atoms with Gasteiger partial charge in [0.1, 0.15) is 28.7 Å². The Bertz CT molecular complexity index is 1450. The molecule has 0 spiro atoms. The van der Waals surface area contributed by atoms with E-state index in [0.29, 0.717) is 12.5 Å². The van der Waals surface area contributed by atoms with Crippen molar-refractivity contribution < 1.29 is 39.2 Å². The summed E-state index contributed by atoms with van der Waals surface area (Å²) in [7, 11) is 3.13. The Hall–Kier alpha value is -3.28. The third-order valence-electron chi connectivity index (χ3n) is 10.8. The molecule has 0 unspecified atom stereocenters. The molecule has 1 saturated heterocycles. The van der Waals surface area contributed by atoms with Gasteiger partial charge in [0.05, 0.1) is 11.6 Å². The van der Waals surface area contributed by atoms with E-state index in [0.717, 1.165) is 31.8 Å². The van der Waals surface area contributed by atoms with Crippen LogP contribution in [0, 0.1) is 29.5 Å². The zero-order valence-corrected chi connectivity index (χ0v) is 24.6. The number of primary amides is 1. The number of aromatic hydroxyl groups is 1. The molecule has 0 aromatic heterocycles. The van der Waals surface area contributed by atoms with Gasteiger partial charge < -0.3 is 26.2 Å². The molecular weight excluding hydrogens is 557 g/mol. The highest BCUT2D eigenvalue weighted by Gasteiger charge is 2.63. The number of carbonyl (C=O) groups is 3. The van der Waals surface area contributed by atoms with E-state index < -0.39 is 69.6 Å². The van der Waals surface area contributed by atoms with Gasteiger partial charge in [-0.15, -0.1) is 0 Å². The monoisotopic (exact) mass is 597 g/mol. The number of aliphatic hydroxyl groups excluding tert-OH is 2. The van der Waals surface area contributed by atoms with Crippen molar-refractivity contribution in [1.82, 2.24) is 9.80 Å². The second kappa shape index (κ2) is 10.7. The second-order valence-electron chi connectivity index (χ2n) is 13.3. The number of phenols is 1. The number of fused-ring (bicyclic) bond motifs is 3. The number of halogens is 1. The van der Waals surface area contributed by atoms with Crippen LogP contribution in [0.3, 0.4) is 0 Å². The number of nitrogens with zero attached hydrogens (tertiary/aromatic N) is 2. The maximum atomic E-state index is 16.1. The fourth-order valence-corrected chi connectivity index (χ4v) is 8.72. The average Bonchev–Trinajstić information content (AvgIpc) is 3.48. The van der Waals surface area contributed by atoms with E-state index in [1.807, 2.05) is 0 Å². The summed E-state index contributed by atoms with van der Waals surface area (Å²) in [6.07, 6.45) is 7.18. The maximum Gasteiger partial charge on any atom is 0.255 e. The van der Waals surface area contributed by atoms with Crippen LogP contribution in [0.25, 0.3) is 0 Å². The van der Waals surface area contributed by atoms with E-state index >= 15 is 4.39 Å². The van der Waals surface area contributed by atoms with E-state index in [1.165, 1.54) is 36.6 Å². The number of likely N-dealkylation sites (N-methyl/N-ethyl adjacent to an activating group) is 1. The minimum absolute atomic E-state index is 0.0361. The molecule has 0 bridgehead atoms. The van der Waals surface area contributed by atoms with Gasteiger partial charge in [0, 0.05) is 29.2 Å². The minimum Gasteiger partial charge on any atom is -0.510 e. The van der Waals surface area contributed by atoms with Crippen LogP contribution >= 0.6 is 0 Å². The van der Waals surface area contributed by atoms with Crippen LogP contribution in [0.2, 0.25) is 0 Å². The maximum absolute atomic E-state index is 16.1. The van der Waals surface area contributed by atoms with Crippen molar-refractivity contribution in [1.29, 1.82) is 0 Å². The van der Waals surface area contributed by atoms with Gasteiger partial charge in [0.25, 0.3) is 5.91 Å². The first-order chi connectivity index (χ1) is 20.4. The van der Waals surface area contributed by atoms with Crippen LogP contribution < -0.4 is 5.73 Å². The summed E-state index contributed by atoms with van der Waals surface area (Å²) in [5.74, 6) is -6.55. The Kier molecular flexibility index (Phi) is 7.42. The van der Waals surface area contributed by atoms with Crippen LogP contribution in [0.5, 0.6) is 5.75 Å². The Morgan fingerprint density at radius 3 is 2.33 bits per heavy atom. The van der Waals surface area contributed by atoms with E-state index in [-0.39, 0.29) is 35.1 Å². The summed E-state index contributed by atoms with van der Waals surface area (Å²) in [6.45, 7) is 1.97. The smallest absolute Gasteiger partial charge is 0.255 e. The molecule has 4 atom stereocenters. The van der Waals surface area contributed by atoms with Crippen molar-refractivity contribution in [3.05, 3.63) is 51.2 Å². The van der Waals surface area contributed by atoms with Crippen LogP contribution in [0.1, 0.15) is 66.4 Å². The SMILES string of the molecule is CN(C)[C@@H]1C(O)=C(C(N)=O)C(=O)[C@@]2(O)C(O)=C3C(=O)c4c(O)cc(CN5CCC(C6CCCC6)CC5)c(F)c4C[C@H]3C[C@@H]12. The number of hydrogen-bond donors (Lipinski definition) is 5. The first kappa shape index (κ1) is 29.8. The van der Waals surface area contributed by atoms with E-state index in [1.54, 1.807) is 14.1 Å². The molecule has 2 fully saturated rings. The fraction of sp³-hybridized carbons (Fsp3) is 0.594. The quantitative estimate of drug-likeness (QED) is 0.321. The number of phenolic OH excluding ortho intramolecular Hbond substituents is 1. The second-order valence-corrected chi connectivity index (χ2v) is 13.3. The normalized spacial score (nSPS) is 30.6. The van der Waals surface area contributed by atoms with Crippen LogP contribution in [0.4, 0.5) is 4.39 Å². The predicted molar refractivity (Wildman–Crippen MR) is 154 cm³/mol. The van der Waals surface area contributed by atoms with Gasteiger partial charge >= 0.3 is 0 Å². The number of nitrogens with two attached hydrogens (primary N) is 1. The van der Waals surface area contributed by atoms with Gasteiger partial charge in [-0.25, -0.2) is 4.39 Å². The highest BCUT2D eigenvalue weighted by Crippen LogP contribution is 2.52. The standard InChI is InChI=1S/C32H40FN3O7/c1-35(2)26-20-12-17-11-19-23(27(38)22(17)29(40)32(20,43)30(41)24(28(26)39)31(34)42)21(37)13-18(25(19)33)14-36-9-7-16(8-10-36)15-5-3-4-6-15/h13,15-17,20,26,37,39-40,43H,3-12,14H2,1-2H3,(H2,34,42)/t17-,20-,26-,32-/m0/s1. The molecule has 1 heterocycles. The number of likely N-dealkylation sites (tertiary alicyclic amines) is 1. The van der Waals surface area contributed by atoms with E-state index in [9.17, 15) is 34.8 Å². The third-order valence-corrected chi connectivity index (χ3v) is 10.8. The van der Waals surface area contributed by atoms with Crippen LogP contribution in [0.15, 0.2) is 28.7 Å². The van der Waals surface area contributed by atoms with Crippen molar-refractivity contribution >= 4 is 17.5 Å². The highest BCUT2D eigenvalue weighted by atomic mass is 19.1. The van der Waals surface area contributed by atoms with Crippen LogP contribution in [-0.4, -0.2) is 86.5 Å². The molecular formula is C32H40FN3O7. The van der Waals surface area contributed by atoms with Crippen molar-refractivity contribution in [2.75, 3.05) is 27.2 Å². The van der Waals surface area contributed by atoms with Crippen molar-refractivity contribution in [2.24, 2.45) is 29.4 Å². The largest absolute Gasteiger partial charge is 0.510 e. The summed E-state index contributed by atoms with van der Waals surface area (Å²) < 4.78 is 16.1. The summed E-state index contributed by atoms with van der Waals surface area (Å²) in [5.41, 5.74) is 1.51. The first-order valence-electron chi connectivity index (χ1n) is 15.3. The lowest BCUT2D eigenvalue weighted by molar-refractivity contribution is -0.148. The first-order valence-corrected chi connectivity index (χ1v) is 15.3. The highest BCUT2D eigenvalue weighted by molar-refractivity contribution is 6.24. The molecule has 1 saturated carbocycles. The third kappa shape index (κ3) is 4.50. The molecule has 1 aromatic carbocycles. The lowest BCUT2D eigenvalue weighted by atomic mass is 9.58. The number of hydrogen-bond acceptors (Lipinski definition) is 9. The molecule has 232 valence electrons. The lowest BCUT2D eigenvalue weighted by Gasteiger charge is -2.50. The van der Waals surface area contributed by atoms with Crippen molar-refractivity contribution in [3.8, 4) is 5.75 Å². The summed E-state index contributed by atoms with van der Waals surface area (Å²) >= 11 is 0. The summed E-state index contributed by atoms with van der Waals surface area (Å²) in [6, 6.07) is 0.162. The number of amides is 1. The molecule has 1 aromatic rings. The Balaban J connectivity index is 1.33. The molecule has 1 aliphatic heterocycles. The van der Waals surface area contributed by atoms with Gasteiger partial charge in [-0.05, 0) is 76.7 Å². The number of benzene rings is 1. The van der Waals surface area contributed by atoms with Gasteiger partial charge in [-0.3, -0.25) is 24.2 Å². The number of ketones is 2. The molecule has 1 amide bonds. The molecule has 11 heteroatoms. The number of Topliss-reactive ketones (excluding diaryl/α,β-unsaturated/α-hetero) is 2. The fourth-order valence-electron chi connectivity index (χ4n) is 8.72. The van der Waals surface area contributed by atoms with Crippen molar-refractivity contribution in [2.45, 2.75) is 69.6 Å². The van der Waals surface area contributed by atoms with Gasteiger partial charge in [-0.2, -0.15) is 0 Å². The molecule has 43 heavy (non-hydrogen) atoms. The van der Waals surface area contributed by atoms with Gasteiger partial charge in [-0.1, -0.05) is 25.7 Å². The minimum atomic E-state index is -2.72. The molecule has 5 aliphatic rings. The number of rotatable bonds is 5. The Labute approximate surface area is 249 Å². The topological polar surface area (TPSA) is 165 Å². The molecule has 6 N–H and O–H groups in total. The van der Waals surface area contributed by atoms with E-state index in [2.05, 4.69) is 4.90 Å². The lowest BCUT2D eigenvalue weighted by Crippen LogP contribution is -2.63. The Morgan fingerprint density at radius 2 is 1.72 bits per heavy atom. The molecule has 4 aliphatic carbocycles. The predicted octanol–water partition coefficient (Wildman–Crippen LogP) is 2.66. The van der Waals surface area contributed by atoms with Gasteiger partial charge in [0.2, 0.25) is 5.78 Å². The Morgan fingerprint density at radius 1 is 1.09 bits per heavy atom. The summed E-state index contributed by atoms with van der Waals surface area (Å²) in [4.78, 5) is 42.9. The number of piperidine rings is 1. The summed E-state index contributed by atoms with van der Waals surface area (Å²) in [5, 5.41) is 44.9. The number of carbonyl (C=O) groups excluding carboxylic acids is 3. The van der Waals surface area contributed by atoms with Crippen molar-refractivity contribution in [3.63, 3.8) is 0 Å². The van der Waals surface area contributed by atoms with Gasteiger partial charge in [0.15, 0.2) is 11.4 Å². The zero-order chi connectivity index (χ0) is 31.0. The average molecular weight is 598 g/mol. The molecule has 0 radical (unpaired) electrons. The number of allylic oxidation sites excluding steroid dienone is 1. The van der Waals surface area contributed by atoms with Crippen LogP contribution in [-0.2, 0) is 22.6 Å². The number of aliphatic hydroxyl groups is 3.